The van der Waals surface area contributed by atoms with Crippen molar-refractivity contribution in [3.8, 4) is 0 Å². The van der Waals surface area contributed by atoms with E-state index in [1.807, 2.05) is 13.8 Å². The lowest BCUT2D eigenvalue weighted by Gasteiger charge is -2.25. The van der Waals surface area contributed by atoms with Gasteiger partial charge in [-0.15, -0.1) is 0 Å². The van der Waals surface area contributed by atoms with Crippen molar-refractivity contribution in [3.05, 3.63) is 0 Å². The second-order valence-corrected chi connectivity index (χ2v) is 6.63. The number of hydrogen-bond acceptors (Lipinski definition) is 5. The Morgan fingerprint density at radius 1 is 1.38 bits per heavy atom. The number of sulfone groups is 1. The van der Waals surface area contributed by atoms with E-state index >= 15 is 0 Å². The average Bonchev–Trinajstić information content (AvgIpc) is 2.19. The second kappa shape index (κ2) is 6.20. The molecule has 0 aromatic heterocycles. The van der Waals surface area contributed by atoms with Crippen molar-refractivity contribution in [1.82, 2.24) is 4.90 Å². The van der Waals surface area contributed by atoms with Crippen molar-refractivity contribution in [2.24, 2.45) is 11.1 Å². The van der Waals surface area contributed by atoms with E-state index in [0.29, 0.717) is 25.6 Å². The van der Waals surface area contributed by atoms with Crippen LogP contribution in [0.25, 0.3) is 0 Å². The van der Waals surface area contributed by atoms with E-state index in [0.717, 1.165) is 6.54 Å². The largest absolute Gasteiger partial charge is 0.395 e. The molecular weight excluding hydrogens is 228 g/mol. The number of hydrogen-bond donors (Lipinski definition) is 0. The van der Waals surface area contributed by atoms with Crippen LogP contribution in [0.5, 0.6) is 0 Å². The Morgan fingerprint density at radius 2 is 2.00 bits per heavy atom. The lowest BCUT2D eigenvalue weighted by molar-refractivity contribution is 0.114. The quantitative estimate of drug-likeness (QED) is 0.401. The fraction of sp³-hybridized carbons (Fsp3) is 0.900. The Balaban J connectivity index is 2.11. The Morgan fingerprint density at radius 3 is 2.56 bits per heavy atom. The summed E-state index contributed by atoms with van der Waals surface area (Å²) in [5, 5.41) is 3.81. The zero-order valence-corrected chi connectivity index (χ0v) is 10.7. The normalized spacial score (nSPS) is 21.7. The van der Waals surface area contributed by atoms with Crippen LogP contribution in [-0.2, 0) is 14.7 Å². The summed E-state index contributed by atoms with van der Waals surface area (Å²) in [7, 11) is -2.77. The van der Waals surface area contributed by atoms with Gasteiger partial charge in [-0.2, -0.15) is 0 Å². The highest BCUT2D eigenvalue weighted by atomic mass is 32.2. The summed E-state index contributed by atoms with van der Waals surface area (Å²) in [4.78, 5) is 7.17. The summed E-state index contributed by atoms with van der Waals surface area (Å²) in [5.41, 5.74) is 0. The first-order chi connectivity index (χ1) is 7.49. The van der Waals surface area contributed by atoms with Crippen molar-refractivity contribution in [2.45, 2.75) is 13.8 Å². The summed E-state index contributed by atoms with van der Waals surface area (Å²) in [6.07, 6.45) is 1.75. The summed E-state index contributed by atoms with van der Waals surface area (Å²) >= 11 is 0. The third-order valence-electron chi connectivity index (χ3n) is 2.37. The monoisotopic (exact) mass is 248 g/mol. The standard InChI is InChI=1S/C10H20N2O3S/c1-10(2)9-11-15-6-3-12-4-7-16(13,14)8-5-12/h9-10H,3-8H2,1-2H3/b11-9+. The van der Waals surface area contributed by atoms with Crippen LogP contribution in [0.2, 0.25) is 0 Å². The molecule has 0 aliphatic carbocycles. The fourth-order valence-electron chi connectivity index (χ4n) is 1.36. The lowest BCUT2D eigenvalue weighted by atomic mass is 10.3. The van der Waals surface area contributed by atoms with Crippen molar-refractivity contribution in [3.63, 3.8) is 0 Å². The first-order valence-electron chi connectivity index (χ1n) is 5.58. The molecule has 5 nitrogen and oxygen atoms in total. The predicted molar refractivity (Wildman–Crippen MR) is 64.4 cm³/mol. The van der Waals surface area contributed by atoms with E-state index in [1.54, 1.807) is 6.21 Å². The third-order valence-corrected chi connectivity index (χ3v) is 3.98. The van der Waals surface area contributed by atoms with Crippen molar-refractivity contribution >= 4 is 16.1 Å². The smallest absolute Gasteiger partial charge is 0.152 e. The molecule has 16 heavy (non-hydrogen) atoms. The maximum Gasteiger partial charge on any atom is 0.152 e. The molecule has 0 spiro atoms. The van der Waals surface area contributed by atoms with Gasteiger partial charge in [0.15, 0.2) is 9.84 Å². The van der Waals surface area contributed by atoms with Crippen LogP contribution in [0.1, 0.15) is 13.8 Å². The van der Waals surface area contributed by atoms with Gasteiger partial charge in [-0.3, -0.25) is 4.90 Å². The predicted octanol–water partition coefficient (Wildman–Crippen LogP) is 0.375. The highest BCUT2D eigenvalue weighted by Gasteiger charge is 2.20. The molecule has 0 N–H and O–H groups in total. The molecule has 0 aromatic rings. The van der Waals surface area contributed by atoms with Crippen molar-refractivity contribution in [1.29, 1.82) is 0 Å². The molecule has 1 aliphatic rings. The molecule has 0 radical (unpaired) electrons. The molecule has 0 bridgehead atoms. The van der Waals surface area contributed by atoms with Crippen LogP contribution in [0, 0.1) is 5.92 Å². The Kier molecular flexibility index (Phi) is 5.21. The van der Waals surface area contributed by atoms with Crippen LogP contribution in [0.15, 0.2) is 5.16 Å². The molecule has 6 heteroatoms. The Hall–Kier alpha value is -0.620. The van der Waals surface area contributed by atoms with Gasteiger partial charge in [-0.1, -0.05) is 19.0 Å². The van der Waals surface area contributed by atoms with E-state index in [2.05, 4.69) is 10.1 Å². The Bertz CT molecular complexity index is 311. The van der Waals surface area contributed by atoms with Gasteiger partial charge in [0.05, 0.1) is 11.5 Å². The van der Waals surface area contributed by atoms with Gasteiger partial charge in [-0.05, 0) is 5.92 Å². The number of nitrogens with zero attached hydrogens (tertiary/aromatic N) is 2. The van der Waals surface area contributed by atoms with Crippen LogP contribution < -0.4 is 0 Å². The first-order valence-corrected chi connectivity index (χ1v) is 7.40. The SMILES string of the molecule is CC(C)/C=N/OCCN1CCS(=O)(=O)CC1. The van der Waals surface area contributed by atoms with Gasteiger partial charge in [0, 0.05) is 25.8 Å². The van der Waals surface area contributed by atoms with Gasteiger partial charge in [0.1, 0.15) is 6.61 Å². The van der Waals surface area contributed by atoms with Gasteiger partial charge < -0.3 is 4.84 Å². The topological polar surface area (TPSA) is 59.0 Å². The van der Waals surface area contributed by atoms with Gasteiger partial charge in [-0.25, -0.2) is 8.42 Å². The minimum atomic E-state index is -2.77. The van der Waals surface area contributed by atoms with E-state index in [-0.39, 0.29) is 11.5 Å². The molecule has 0 amide bonds. The molecule has 0 aromatic carbocycles. The summed E-state index contributed by atoms with van der Waals surface area (Å²) in [5.74, 6) is 0.921. The summed E-state index contributed by atoms with van der Waals surface area (Å²) < 4.78 is 22.3. The molecule has 1 aliphatic heterocycles. The average molecular weight is 248 g/mol. The van der Waals surface area contributed by atoms with Gasteiger partial charge in [0.2, 0.25) is 0 Å². The number of oxime groups is 1. The molecule has 1 heterocycles. The minimum Gasteiger partial charge on any atom is -0.395 e. The Labute approximate surface area is 97.4 Å². The molecular formula is C10H20N2O3S. The van der Waals surface area contributed by atoms with E-state index in [1.165, 1.54) is 0 Å². The fourth-order valence-corrected chi connectivity index (χ4v) is 2.64. The highest BCUT2D eigenvalue weighted by molar-refractivity contribution is 7.91. The molecule has 0 unspecified atom stereocenters. The molecule has 1 saturated heterocycles. The van der Waals surface area contributed by atoms with Crippen LogP contribution >= 0.6 is 0 Å². The summed E-state index contributed by atoms with van der Waals surface area (Å²) in [6, 6.07) is 0. The molecule has 0 saturated carbocycles. The van der Waals surface area contributed by atoms with Crippen LogP contribution in [-0.4, -0.2) is 57.3 Å². The molecule has 1 fully saturated rings. The van der Waals surface area contributed by atoms with E-state index < -0.39 is 9.84 Å². The zero-order chi connectivity index (χ0) is 12.0. The van der Waals surface area contributed by atoms with E-state index in [4.69, 9.17) is 4.84 Å². The van der Waals surface area contributed by atoms with E-state index in [9.17, 15) is 8.42 Å². The van der Waals surface area contributed by atoms with Crippen LogP contribution in [0.3, 0.4) is 0 Å². The van der Waals surface area contributed by atoms with Crippen molar-refractivity contribution < 1.29 is 13.3 Å². The molecule has 1 rings (SSSR count). The molecule has 94 valence electrons. The maximum absolute atomic E-state index is 11.2. The van der Waals surface area contributed by atoms with Gasteiger partial charge >= 0.3 is 0 Å². The minimum absolute atomic E-state index is 0.266. The second-order valence-electron chi connectivity index (χ2n) is 4.33. The first kappa shape index (κ1) is 13.4. The zero-order valence-electron chi connectivity index (χ0n) is 9.92. The van der Waals surface area contributed by atoms with Crippen molar-refractivity contribution in [2.75, 3.05) is 37.7 Å². The highest BCUT2D eigenvalue weighted by Crippen LogP contribution is 2.02. The third kappa shape index (κ3) is 5.46. The van der Waals surface area contributed by atoms with Gasteiger partial charge in [0.25, 0.3) is 0 Å². The van der Waals surface area contributed by atoms with Crippen LogP contribution in [0.4, 0.5) is 0 Å². The number of rotatable bonds is 5. The lowest BCUT2D eigenvalue weighted by Crippen LogP contribution is -2.41. The molecule has 0 atom stereocenters. The summed E-state index contributed by atoms with van der Waals surface area (Å²) in [6.45, 7) is 6.54. The maximum atomic E-state index is 11.2.